The number of carbonyl (C=O) groups is 2. The second kappa shape index (κ2) is 8.65. The lowest BCUT2D eigenvalue weighted by molar-refractivity contribution is -0.145. The van der Waals surface area contributed by atoms with Gasteiger partial charge in [-0.25, -0.2) is 4.79 Å². The van der Waals surface area contributed by atoms with E-state index in [9.17, 15) is 9.59 Å². The molecule has 1 aliphatic rings. The summed E-state index contributed by atoms with van der Waals surface area (Å²) in [7, 11) is 3.02. The molecule has 0 saturated carbocycles. The Morgan fingerprint density at radius 3 is 2.50 bits per heavy atom. The van der Waals surface area contributed by atoms with E-state index in [-0.39, 0.29) is 18.6 Å². The van der Waals surface area contributed by atoms with Crippen LogP contribution in [0.15, 0.2) is 42.5 Å². The smallest absolute Gasteiger partial charge is 0.412 e. The first-order valence-corrected chi connectivity index (χ1v) is 9.04. The molecule has 2 aromatic carbocycles. The second-order valence-corrected chi connectivity index (χ2v) is 6.60. The van der Waals surface area contributed by atoms with Crippen molar-refractivity contribution in [3.8, 4) is 11.5 Å². The number of carbonyl (C=O) groups excluding carboxylic acids is 2. The number of nitrogens with one attached hydrogen (secondary N) is 1. The molecule has 2 amide bonds. The predicted octanol–water partition coefficient (Wildman–Crippen LogP) is 3.57. The van der Waals surface area contributed by atoms with Crippen molar-refractivity contribution in [3.05, 3.63) is 53.6 Å². The number of rotatable bonds is 7. The maximum absolute atomic E-state index is 12.3. The molecule has 1 unspecified atom stereocenters. The Hall–Kier alpha value is -3.22. The van der Waals surface area contributed by atoms with Gasteiger partial charge in [-0.3, -0.25) is 10.1 Å². The zero-order valence-electron chi connectivity index (χ0n) is 16.2. The first-order valence-electron chi connectivity index (χ1n) is 9.04. The number of nitrogens with zero attached hydrogens (tertiary/aromatic N) is 1. The predicted molar refractivity (Wildman–Crippen MR) is 104 cm³/mol. The van der Waals surface area contributed by atoms with E-state index < -0.39 is 6.09 Å². The van der Waals surface area contributed by atoms with Crippen LogP contribution in [0.3, 0.4) is 0 Å². The molecule has 0 radical (unpaired) electrons. The summed E-state index contributed by atoms with van der Waals surface area (Å²) in [5, 5.41) is 2.71. The summed E-state index contributed by atoms with van der Waals surface area (Å²) in [6.45, 7) is 2.55. The van der Waals surface area contributed by atoms with Crippen molar-refractivity contribution in [3.63, 3.8) is 0 Å². The summed E-state index contributed by atoms with van der Waals surface area (Å²) in [6, 6.07) is 13.2. The largest absolute Gasteiger partial charge is 0.494 e. The van der Waals surface area contributed by atoms with Crippen molar-refractivity contribution < 1.29 is 23.8 Å². The number of β-lactam (4-membered cyclic amide) rings is 1. The zero-order valence-corrected chi connectivity index (χ0v) is 16.2. The number of amides is 2. The van der Waals surface area contributed by atoms with Crippen LogP contribution in [0.5, 0.6) is 11.5 Å². The third-order valence-electron chi connectivity index (χ3n) is 4.73. The molecule has 0 bridgehead atoms. The Morgan fingerprint density at radius 1 is 1.14 bits per heavy atom. The van der Waals surface area contributed by atoms with E-state index in [0.717, 1.165) is 11.1 Å². The van der Waals surface area contributed by atoms with Gasteiger partial charge in [0.25, 0.3) is 0 Å². The van der Waals surface area contributed by atoms with Gasteiger partial charge in [0, 0.05) is 24.6 Å². The van der Waals surface area contributed by atoms with Crippen LogP contribution >= 0.6 is 0 Å². The first-order chi connectivity index (χ1) is 13.5. The summed E-state index contributed by atoms with van der Waals surface area (Å²) in [4.78, 5) is 25.9. The molecule has 1 saturated heterocycles. The van der Waals surface area contributed by atoms with Gasteiger partial charge in [-0.2, -0.15) is 0 Å². The van der Waals surface area contributed by atoms with Crippen molar-refractivity contribution in [2.75, 3.05) is 19.5 Å². The number of ether oxygens (including phenoxy) is 3. The highest BCUT2D eigenvalue weighted by atomic mass is 16.5. The molecule has 1 atom stereocenters. The fourth-order valence-electron chi connectivity index (χ4n) is 3.16. The monoisotopic (exact) mass is 384 g/mol. The van der Waals surface area contributed by atoms with Gasteiger partial charge in [-0.05, 0) is 24.6 Å². The lowest BCUT2D eigenvalue weighted by atomic mass is 10.0. The highest BCUT2D eigenvalue weighted by Crippen LogP contribution is 2.39. The second-order valence-electron chi connectivity index (χ2n) is 6.60. The molecule has 1 N–H and O–H groups in total. The van der Waals surface area contributed by atoms with Crippen molar-refractivity contribution in [1.82, 2.24) is 4.90 Å². The van der Waals surface area contributed by atoms with E-state index in [4.69, 9.17) is 14.2 Å². The molecule has 1 aliphatic heterocycles. The van der Waals surface area contributed by atoms with E-state index >= 15 is 0 Å². The Kier molecular flexibility index (Phi) is 6.03. The zero-order chi connectivity index (χ0) is 20.1. The molecule has 1 fully saturated rings. The summed E-state index contributed by atoms with van der Waals surface area (Å²) in [5.41, 5.74) is 2.04. The molecule has 1 heterocycles. The standard InChI is InChI=1S/C21H24N2O5/c1-14-11-18(24)23(14)12-16-9-10-17(26-2)19(20(16)27-3)22-21(25)28-13-15-7-5-4-6-8-15/h4-10,14H,11-13H2,1-3H3,(H,22,25). The average molecular weight is 384 g/mol. The van der Waals surface area contributed by atoms with Crippen LogP contribution in [0.4, 0.5) is 10.5 Å². The van der Waals surface area contributed by atoms with Crippen molar-refractivity contribution in [1.29, 1.82) is 0 Å². The Bertz CT molecular complexity index is 853. The van der Waals surface area contributed by atoms with Crippen molar-refractivity contribution in [2.45, 2.75) is 32.5 Å². The average Bonchev–Trinajstić information content (AvgIpc) is 2.71. The molecule has 3 rings (SSSR count). The lowest BCUT2D eigenvalue weighted by Gasteiger charge is -2.38. The topological polar surface area (TPSA) is 77.1 Å². The first kappa shape index (κ1) is 19.5. The van der Waals surface area contributed by atoms with Crippen molar-refractivity contribution >= 4 is 17.7 Å². The summed E-state index contributed by atoms with van der Waals surface area (Å²) >= 11 is 0. The maximum atomic E-state index is 12.3. The molecular formula is C21H24N2O5. The molecule has 148 valence electrons. The van der Waals surface area contributed by atoms with Crippen LogP contribution in [0, 0.1) is 0 Å². The summed E-state index contributed by atoms with van der Waals surface area (Å²) in [5.74, 6) is 0.991. The maximum Gasteiger partial charge on any atom is 0.412 e. The fourth-order valence-corrected chi connectivity index (χ4v) is 3.16. The minimum Gasteiger partial charge on any atom is -0.494 e. The molecule has 0 aromatic heterocycles. The summed E-state index contributed by atoms with van der Waals surface area (Å²) in [6.07, 6.45) is -0.0685. The quantitative estimate of drug-likeness (QED) is 0.739. The Labute approximate surface area is 164 Å². The van der Waals surface area contributed by atoms with Gasteiger partial charge in [0.15, 0.2) is 5.75 Å². The van der Waals surface area contributed by atoms with Gasteiger partial charge < -0.3 is 19.1 Å². The molecule has 28 heavy (non-hydrogen) atoms. The Morgan fingerprint density at radius 2 is 1.89 bits per heavy atom. The van der Waals surface area contributed by atoms with E-state index in [0.29, 0.717) is 30.2 Å². The van der Waals surface area contributed by atoms with Gasteiger partial charge in [0.2, 0.25) is 5.91 Å². The number of anilines is 1. The van der Waals surface area contributed by atoms with Crippen LogP contribution in [0.2, 0.25) is 0 Å². The number of likely N-dealkylation sites (tertiary alicyclic amines) is 1. The van der Waals surface area contributed by atoms with Gasteiger partial charge >= 0.3 is 6.09 Å². The molecule has 0 aliphatic carbocycles. The number of hydrogen-bond donors (Lipinski definition) is 1. The highest BCUT2D eigenvalue weighted by molar-refractivity contribution is 5.90. The minimum absolute atomic E-state index is 0.0992. The van der Waals surface area contributed by atoms with Gasteiger partial charge in [0.1, 0.15) is 18.0 Å². The SMILES string of the molecule is COc1ccc(CN2C(=O)CC2C)c(OC)c1NC(=O)OCc1ccccc1. The number of methoxy groups -OCH3 is 2. The van der Waals surface area contributed by atoms with Crippen LogP contribution in [-0.4, -0.2) is 37.2 Å². The molecule has 7 heteroatoms. The van der Waals surface area contributed by atoms with Gasteiger partial charge in [0.05, 0.1) is 14.2 Å². The third kappa shape index (κ3) is 4.19. The number of benzene rings is 2. The van der Waals surface area contributed by atoms with Crippen LogP contribution in [-0.2, 0) is 22.7 Å². The van der Waals surface area contributed by atoms with E-state index in [1.165, 1.54) is 14.2 Å². The third-order valence-corrected chi connectivity index (χ3v) is 4.73. The van der Waals surface area contributed by atoms with Crippen LogP contribution in [0.25, 0.3) is 0 Å². The van der Waals surface area contributed by atoms with Gasteiger partial charge in [-0.15, -0.1) is 0 Å². The molecule has 0 spiro atoms. The normalized spacial score (nSPS) is 15.6. The Balaban J connectivity index is 1.77. The highest BCUT2D eigenvalue weighted by Gasteiger charge is 2.33. The van der Waals surface area contributed by atoms with Gasteiger partial charge in [-0.1, -0.05) is 30.3 Å². The van der Waals surface area contributed by atoms with Crippen LogP contribution < -0.4 is 14.8 Å². The lowest BCUT2D eigenvalue weighted by Crippen LogP contribution is -2.50. The molecule has 7 nitrogen and oxygen atoms in total. The molecule has 2 aromatic rings. The van der Waals surface area contributed by atoms with Crippen molar-refractivity contribution in [2.24, 2.45) is 0 Å². The minimum atomic E-state index is -0.619. The van der Waals surface area contributed by atoms with E-state index in [2.05, 4.69) is 5.32 Å². The number of hydrogen-bond acceptors (Lipinski definition) is 5. The molecular weight excluding hydrogens is 360 g/mol. The van der Waals surface area contributed by atoms with E-state index in [1.54, 1.807) is 11.0 Å². The summed E-state index contributed by atoms with van der Waals surface area (Å²) < 4.78 is 16.2. The fraction of sp³-hybridized carbons (Fsp3) is 0.333. The van der Waals surface area contributed by atoms with Crippen LogP contribution in [0.1, 0.15) is 24.5 Å². The van der Waals surface area contributed by atoms with E-state index in [1.807, 2.05) is 43.3 Å².